The fraction of sp³-hybridized carbons (Fsp3) is 0. The summed E-state index contributed by atoms with van der Waals surface area (Å²) in [5.74, 6) is -0.612. The van der Waals surface area contributed by atoms with Gasteiger partial charge >= 0.3 is 0 Å². The quantitative estimate of drug-likeness (QED) is 0.660. The molecular formula is C17H11Cl2N3O2S. The number of hydrogen-bond acceptors (Lipinski definition) is 4. The van der Waals surface area contributed by atoms with Crippen LogP contribution in [0.15, 0.2) is 54.0 Å². The van der Waals surface area contributed by atoms with E-state index in [-0.39, 0.29) is 11.8 Å². The van der Waals surface area contributed by atoms with Crippen molar-refractivity contribution in [2.24, 2.45) is 0 Å². The van der Waals surface area contributed by atoms with Gasteiger partial charge in [0.05, 0.1) is 0 Å². The number of rotatable bonds is 4. The SMILES string of the molecule is O=C(Nc1ccc(C(=O)Nc2nccs2)cc1)c1cc(Cl)cc(Cl)c1. The Labute approximate surface area is 157 Å². The van der Waals surface area contributed by atoms with Gasteiger partial charge in [0.1, 0.15) is 0 Å². The van der Waals surface area contributed by atoms with Crippen LogP contribution in [0, 0.1) is 0 Å². The number of benzene rings is 2. The van der Waals surface area contributed by atoms with E-state index in [1.54, 1.807) is 41.9 Å². The molecule has 5 nitrogen and oxygen atoms in total. The number of nitrogens with one attached hydrogen (secondary N) is 2. The highest BCUT2D eigenvalue weighted by Gasteiger charge is 2.10. The zero-order chi connectivity index (χ0) is 17.8. The maximum atomic E-state index is 12.2. The van der Waals surface area contributed by atoms with Crippen LogP contribution in [0.2, 0.25) is 10.0 Å². The van der Waals surface area contributed by atoms with Crippen LogP contribution < -0.4 is 10.6 Å². The first kappa shape index (κ1) is 17.4. The Kier molecular flexibility index (Phi) is 5.33. The van der Waals surface area contributed by atoms with Crippen LogP contribution in [0.4, 0.5) is 10.8 Å². The third-order valence-corrected chi connectivity index (χ3v) is 4.31. The number of aromatic nitrogens is 1. The minimum absolute atomic E-state index is 0.269. The minimum Gasteiger partial charge on any atom is -0.322 e. The molecule has 3 rings (SSSR count). The van der Waals surface area contributed by atoms with Gasteiger partial charge in [-0.3, -0.25) is 14.9 Å². The van der Waals surface area contributed by atoms with Gasteiger partial charge in [0.15, 0.2) is 5.13 Å². The van der Waals surface area contributed by atoms with E-state index in [2.05, 4.69) is 15.6 Å². The van der Waals surface area contributed by atoms with E-state index in [0.29, 0.717) is 32.0 Å². The lowest BCUT2D eigenvalue weighted by Gasteiger charge is -2.07. The molecule has 2 amide bonds. The van der Waals surface area contributed by atoms with Gasteiger partial charge in [-0.2, -0.15) is 0 Å². The second kappa shape index (κ2) is 7.65. The largest absolute Gasteiger partial charge is 0.322 e. The van der Waals surface area contributed by atoms with Gasteiger partial charge in [-0.25, -0.2) is 4.98 Å². The standard InChI is InChI=1S/C17H11Cl2N3O2S/c18-12-7-11(8-13(19)9-12)16(24)21-14-3-1-10(2-4-14)15(23)22-17-20-5-6-25-17/h1-9H,(H,21,24)(H,20,22,23). The van der Waals surface area contributed by atoms with Gasteiger partial charge in [0.2, 0.25) is 0 Å². The topological polar surface area (TPSA) is 71.1 Å². The molecule has 2 N–H and O–H groups in total. The van der Waals surface area contributed by atoms with Crippen LogP contribution in [0.3, 0.4) is 0 Å². The van der Waals surface area contributed by atoms with Crippen LogP contribution in [-0.2, 0) is 0 Å². The second-order valence-corrected chi connectivity index (χ2v) is 6.75. The number of thiazole rings is 1. The molecule has 126 valence electrons. The summed E-state index contributed by atoms with van der Waals surface area (Å²) in [6, 6.07) is 11.1. The Morgan fingerprint density at radius 1 is 0.880 bits per heavy atom. The van der Waals surface area contributed by atoms with Crippen LogP contribution >= 0.6 is 34.5 Å². The molecule has 0 saturated carbocycles. The van der Waals surface area contributed by atoms with Crippen LogP contribution in [0.25, 0.3) is 0 Å². The number of carbonyl (C=O) groups is 2. The lowest BCUT2D eigenvalue weighted by Crippen LogP contribution is -2.13. The molecule has 2 aromatic carbocycles. The average Bonchev–Trinajstić information content (AvgIpc) is 3.07. The first-order valence-electron chi connectivity index (χ1n) is 7.09. The van der Waals surface area contributed by atoms with Crippen molar-refractivity contribution in [2.45, 2.75) is 0 Å². The van der Waals surface area contributed by atoms with E-state index in [9.17, 15) is 9.59 Å². The molecule has 0 aliphatic carbocycles. The lowest BCUT2D eigenvalue weighted by molar-refractivity contribution is 0.102. The van der Waals surface area contributed by atoms with Crippen molar-refractivity contribution >= 4 is 57.2 Å². The molecule has 0 aliphatic heterocycles. The Morgan fingerprint density at radius 2 is 1.52 bits per heavy atom. The Hall–Kier alpha value is -2.41. The molecule has 0 radical (unpaired) electrons. The predicted molar refractivity (Wildman–Crippen MR) is 101 cm³/mol. The van der Waals surface area contributed by atoms with E-state index >= 15 is 0 Å². The third-order valence-electron chi connectivity index (χ3n) is 3.18. The Morgan fingerprint density at radius 3 is 2.12 bits per heavy atom. The molecule has 1 aromatic heterocycles. The van der Waals surface area contributed by atoms with Crippen LogP contribution in [0.5, 0.6) is 0 Å². The summed E-state index contributed by atoms with van der Waals surface area (Å²) < 4.78 is 0. The van der Waals surface area contributed by atoms with Crippen molar-refractivity contribution in [1.82, 2.24) is 4.98 Å². The molecule has 25 heavy (non-hydrogen) atoms. The van der Waals surface area contributed by atoms with Gasteiger partial charge in [0, 0.05) is 38.4 Å². The molecule has 0 saturated heterocycles. The smallest absolute Gasteiger partial charge is 0.257 e. The highest BCUT2D eigenvalue weighted by atomic mass is 35.5. The van der Waals surface area contributed by atoms with E-state index in [0.717, 1.165) is 0 Å². The van der Waals surface area contributed by atoms with E-state index in [1.807, 2.05) is 0 Å². The van der Waals surface area contributed by atoms with Crippen LogP contribution in [-0.4, -0.2) is 16.8 Å². The zero-order valence-corrected chi connectivity index (χ0v) is 15.0. The average molecular weight is 392 g/mol. The van der Waals surface area contributed by atoms with Crippen molar-refractivity contribution in [3.8, 4) is 0 Å². The normalized spacial score (nSPS) is 10.3. The van der Waals surface area contributed by atoms with Gasteiger partial charge in [-0.05, 0) is 42.5 Å². The fourth-order valence-corrected chi connectivity index (χ4v) is 3.10. The molecule has 0 unspecified atom stereocenters. The van der Waals surface area contributed by atoms with E-state index in [4.69, 9.17) is 23.2 Å². The van der Waals surface area contributed by atoms with Gasteiger partial charge < -0.3 is 5.32 Å². The summed E-state index contributed by atoms with van der Waals surface area (Å²) >= 11 is 13.1. The lowest BCUT2D eigenvalue weighted by atomic mass is 10.1. The number of halogens is 2. The fourth-order valence-electron chi connectivity index (χ4n) is 2.05. The number of nitrogens with zero attached hydrogens (tertiary/aromatic N) is 1. The summed E-state index contributed by atoms with van der Waals surface area (Å²) in [5, 5.41) is 8.48. The Balaban J connectivity index is 1.67. The summed E-state index contributed by atoms with van der Waals surface area (Å²) in [7, 11) is 0. The van der Waals surface area contributed by atoms with Gasteiger partial charge in [0.25, 0.3) is 11.8 Å². The maximum Gasteiger partial charge on any atom is 0.257 e. The molecule has 0 atom stereocenters. The van der Waals surface area contributed by atoms with E-state index in [1.165, 1.54) is 23.5 Å². The van der Waals surface area contributed by atoms with Crippen molar-refractivity contribution in [3.63, 3.8) is 0 Å². The minimum atomic E-state index is -0.343. The van der Waals surface area contributed by atoms with Crippen LogP contribution in [0.1, 0.15) is 20.7 Å². The first-order chi connectivity index (χ1) is 12.0. The zero-order valence-electron chi connectivity index (χ0n) is 12.6. The number of hydrogen-bond donors (Lipinski definition) is 2. The Bertz CT molecular complexity index is 892. The van der Waals surface area contributed by atoms with Crippen molar-refractivity contribution < 1.29 is 9.59 Å². The second-order valence-electron chi connectivity index (χ2n) is 4.98. The third kappa shape index (κ3) is 4.57. The van der Waals surface area contributed by atoms with Crippen molar-refractivity contribution in [3.05, 3.63) is 75.2 Å². The summed E-state index contributed by atoms with van der Waals surface area (Å²) in [5.41, 5.74) is 1.36. The summed E-state index contributed by atoms with van der Waals surface area (Å²) in [4.78, 5) is 28.3. The first-order valence-corrected chi connectivity index (χ1v) is 8.73. The summed E-state index contributed by atoms with van der Waals surface area (Å²) in [6.45, 7) is 0. The molecule has 0 aliphatic rings. The van der Waals surface area contributed by atoms with Gasteiger partial charge in [-0.1, -0.05) is 23.2 Å². The molecule has 0 bridgehead atoms. The highest BCUT2D eigenvalue weighted by Crippen LogP contribution is 2.20. The van der Waals surface area contributed by atoms with Crippen molar-refractivity contribution in [2.75, 3.05) is 10.6 Å². The molecule has 3 aromatic rings. The molecule has 8 heteroatoms. The van der Waals surface area contributed by atoms with E-state index < -0.39 is 0 Å². The molecule has 0 spiro atoms. The molecular weight excluding hydrogens is 381 g/mol. The van der Waals surface area contributed by atoms with Gasteiger partial charge in [-0.15, -0.1) is 11.3 Å². The number of anilines is 2. The van der Waals surface area contributed by atoms with Crippen molar-refractivity contribution in [1.29, 1.82) is 0 Å². The summed E-state index contributed by atoms with van der Waals surface area (Å²) in [6.07, 6.45) is 1.61. The monoisotopic (exact) mass is 391 g/mol. The predicted octanol–water partition coefficient (Wildman–Crippen LogP) is 4.95. The highest BCUT2D eigenvalue weighted by molar-refractivity contribution is 7.13. The number of amides is 2. The molecule has 0 fully saturated rings. The number of carbonyl (C=O) groups excluding carboxylic acids is 2. The maximum absolute atomic E-state index is 12.2. The molecule has 1 heterocycles.